The molecule has 1 saturated carbocycles. The molecule has 0 aliphatic heterocycles. The zero-order valence-corrected chi connectivity index (χ0v) is 15.8. The van der Waals surface area contributed by atoms with Gasteiger partial charge < -0.3 is 19.6 Å². The Morgan fingerprint density at radius 1 is 1.30 bits per heavy atom. The normalized spacial score (nSPS) is 15.2. The van der Waals surface area contributed by atoms with E-state index in [4.69, 9.17) is 4.42 Å². The molecule has 1 aliphatic rings. The Bertz CT molecular complexity index is 896. The largest absolute Gasteiger partial charge is 0.468 e. The number of urea groups is 1. The van der Waals surface area contributed by atoms with Crippen LogP contribution in [-0.2, 0) is 6.54 Å². The lowest BCUT2D eigenvalue weighted by molar-refractivity contribution is 0.184. The van der Waals surface area contributed by atoms with Gasteiger partial charge in [0.15, 0.2) is 0 Å². The lowest BCUT2D eigenvalue weighted by Crippen LogP contribution is -2.44. The quantitative estimate of drug-likeness (QED) is 0.669. The molecule has 6 heteroatoms. The van der Waals surface area contributed by atoms with Gasteiger partial charge in [-0.2, -0.15) is 0 Å². The minimum atomic E-state index is -0.00919. The number of amides is 2. The molecule has 1 unspecified atom stereocenters. The zero-order chi connectivity index (χ0) is 18.8. The number of aromatic nitrogens is 1. The number of fused-ring (bicyclic) bond motifs is 1. The maximum atomic E-state index is 12.9. The van der Waals surface area contributed by atoms with E-state index in [2.05, 4.69) is 39.5 Å². The van der Waals surface area contributed by atoms with E-state index in [1.807, 2.05) is 37.3 Å². The van der Waals surface area contributed by atoms with Crippen molar-refractivity contribution in [2.45, 2.75) is 31.5 Å². The van der Waals surface area contributed by atoms with Crippen LogP contribution in [0.5, 0.6) is 0 Å². The second kappa shape index (κ2) is 7.48. The molecule has 0 spiro atoms. The fourth-order valence-electron chi connectivity index (χ4n) is 3.45. The molecule has 27 heavy (non-hydrogen) atoms. The zero-order valence-electron chi connectivity index (χ0n) is 15.8. The van der Waals surface area contributed by atoms with Gasteiger partial charge in [0.25, 0.3) is 0 Å². The van der Waals surface area contributed by atoms with E-state index in [-0.39, 0.29) is 12.1 Å². The van der Waals surface area contributed by atoms with E-state index >= 15 is 0 Å². The van der Waals surface area contributed by atoms with E-state index in [1.54, 1.807) is 6.26 Å². The number of carbonyl (C=O) groups is 1. The van der Waals surface area contributed by atoms with Crippen LogP contribution in [0.3, 0.4) is 0 Å². The van der Waals surface area contributed by atoms with E-state index in [9.17, 15) is 4.79 Å². The number of carbonyl (C=O) groups excluding carboxylic acids is 1. The van der Waals surface area contributed by atoms with Crippen LogP contribution >= 0.6 is 0 Å². The highest BCUT2D eigenvalue weighted by atomic mass is 16.3. The molecule has 1 fully saturated rings. The van der Waals surface area contributed by atoms with Crippen molar-refractivity contribution in [3.8, 4) is 0 Å². The number of hydrogen-bond acceptors (Lipinski definition) is 3. The predicted octanol–water partition coefficient (Wildman–Crippen LogP) is 3.74. The monoisotopic (exact) mass is 366 g/mol. The molecule has 1 aromatic carbocycles. The van der Waals surface area contributed by atoms with Gasteiger partial charge in [0.1, 0.15) is 5.76 Å². The third-order valence-electron chi connectivity index (χ3n) is 5.16. The smallest absolute Gasteiger partial charge is 0.318 e. The van der Waals surface area contributed by atoms with Crippen molar-refractivity contribution in [3.63, 3.8) is 0 Å². The summed E-state index contributed by atoms with van der Waals surface area (Å²) in [5.41, 5.74) is 2.27. The summed E-state index contributed by atoms with van der Waals surface area (Å²) in [5, 5.41) is 4.28. The summed E-state index contributed by atoms with van der Waals surface area (Å²) in [5.74, 6) is 0.858. The lowest BCUT2D eigenvalue weighted by Gasteiger charge is -2.27. The van der Waals surface area contributed by atoms with Crippen LogP contribution in [0.25, 0.3) is 10.9 Å². The Kier molecular flexibility index (Phi) is 4.90. The van der Waals surface area contributed by atoms with Crippen LogP contribution in [0.15, 0.2) is 53.3 Å². The molecule has 1 aliphatic carbocycles. The maximum absolute atomic E-state index is 12.9. The molecular formula is C21H26N4O2. The topological polar surface area (TPSA) is 64.5 Å². The van der Waals surface area contributed by atoms with Crippen LogP contribution in [0.2, 0.25) is 0 Å². The first kappa shape index (κ1) is 17.7. The molecule has 3 aromatic rings. The van der Waals surface area contributed by atoms with Gasteiger partial charge in [-0.15, -0.1) is 0 Å². The minimum absolute atomic E-state index is 0.00919. The molecule has 2 aromatic heterocycles. The molecule has 1 atom stereocenters. The van der Waals surface area contributed by atoms with Gasteiger partial charge in [-0.1, -0.05) is 6.07 Å². The molecule has 2 amide bonds. The molecular weight excluding hydrogens is 340 g/mol. The van der Waals surface area contributed by atoms with E-state index in [1.165, 1.54) is 5.39 Å². The fraction of sp³-hybridized carbons (Fsp3) is 0.381. The van der Waals surface area contributed by atoms with Crippen molar-refractivity contribution in [2.24, 2.45) is 0 Å². The molecule has 0 saturated heterocycles. The molecule has 0 radical (unpaired) electrons. The van der Waals surface area contributed by atoms with Crippen molar-refractivity contribution in [3.05, 3.63) is 60.2 Å². The highest BCUT2D eigenvalue weighted by molar-refractivity contribution is 5.80. The average molecular weight is 366 g/mol. The summed E-state index contributed by atoms with van der Waals surface area (Å²) in [6, 6.07) is 12.5. The molecule has 142 valence electrons. The van der Waals surface area contributed by atoms with E-state index < -0.39 is 0 Å². The summed E-state index contributed by atoms with van der Waals surface area (Å²) in [4.78, 5) is 20.1. The van der Waals surface area contributed by atoms with Gasteiger partial charge in [-0.25, -0.2) is 4.79 Å². The first-order chi connectivity index (χ1) is 13.1. The van der Waals surface area contributed by atoms with Crippen molar-refractivity contribution < 1.29 is 9.21 Å². The predicted molar refractivity (Wildman–Crippen MR) is 105 cm³/mol. The van der Waals surface area contributed by atoms with Crippen molar-refractivity contribution in [1.82, 2.24) is 20.1 Å². The Morgan fingerprint density at radius 3 is 2.85 bits per heavy atom. The van der Waals surface area contributed by atoms with Crippen LogP contribution in [0.4, 0.5) is 4.79 Å². The van der Waals surface area contributed by atoms with Crippen LogP contribution < -0.4 is 5.32 Å². The molecule has 4 rings (SSSR count). The summed E-state index contributed by atoms with van der Waals surface area (Å²) in [7, 11) is 3.98. The highest BCUT2D eigenvalue weighted by Crippen LogP contribution is 2.29. The average Bonchev–Trinajstić information content (AvgIpc) is 3.15. The third-order valence-corrected chi connectivity index (χ3v) is 5.16. The van der Waals surface area contributed by atoms with E-state index in [0.717, 1.165) is 29.7 Å². The standard InChI is InChI=1S/C21H26N4O2/c1-24(2)19(20-4-3-11-27-20)13-23-21(26)25(17-6-7-17)14-15-5-8-18-16(12-15)9-10-22-18/h3-5,8-12,17,19,22H,6-7,13-14H2,1-2H3,(H,23,26). The van der Waals surface area contributed by atoms with E-state index in [0.29, 0.717) is 19.1 Å². The first-order valence-electron chi connectivity index (χ1n) is 9.42. The number of furan rings is 1. The third kappa shape index (κ3) is 4.01. The van der Waals surface area contributed by atoms with Gasteiger partial charge in [-0.3, -0.25) is 4.90 Å². The highest BCUT2D eigenvalue weighted by Gasteiger charge is 2.33. The number of rotatable bonds is 7. The molecule has 2 heterocycles. The summed E-state index contributed by atoms with van der Waals surface area (Å²) in [6.45, 7) is 1.14. The molecule has 2 N–H and O–H groups in total. The lowest BCUT2D eigenvalue weighted by atomic mass is 10.1. The number of likely N-dealkylation sites (N-methyl/N-ethyl adjacent to an activating group) is 1. The Balaban J connectivity index is 1.43. The molecule has 0 bridgehead atoms. The number of nitrogens with zero attached hydrogens (tertiary/aromatic N) is 2. The number of hydrogen-bond donors (Lipinski definition) is 2. The number of H-pyrrole nitrogens is 1. The first-order valence-corrected chi connectivity index (χ1v) is 9.42. The van der Waals surface area contributed by atoms with Gasteiger partial charge in [0, 0.05) is 30.8 Å². The molecule has 6 nitrogen and oxygen atoms in total. The van der Waals surface area contributed by atoms with Gasteiger partial charge in [0.2, 0.25) is 0 Å². The fourth-order valence-corrected chi connectivity index (χ4v) is 3.45. The number of nitrogens with one attached hydrogen (secondary N) is 2. The maximum Gasteiger partial charge on any atom is 0.318 e. The minimum Gasteiger partial charge on any atom is -0.468 e. The van der Waals surface area contributed by atoms with Crippen molar-refractivity contribution >= 4 is 16.9 Å². The number of aromatic amines is 1. The summed E-state index contributed by atoms with van der Waals surface area (Å²) >= 11 is 0. The van der Waals surface area contributed by atoms with Gasteiger partial charge >= 0.3 is 6.03 Å². The van der Waals surface area contributed by atoms with Crippen LogP contribution in [0.1, 0.15) is 30.2 Å². The summed E-state index contributed by atoms with van der Waals surface area (Å²) in [6.07, 6.45) is 5.77. The Morgan fingerprint density at radius 2 is 2.15 bits per heavy atom. The van der Waals surface area contributed by atoms with Crippen LogP contribution in [-0.4, -0.2) is 47.5 Å². The Hall–Kier alpha value is -2.73. The second-order valence-electron chi connectivity index (χ2n) is 7.44. The van der Waals surface area contributed by atoms with Gasteiger partial charge in [0.05, 0.1) is 12.3 Å². The Labute approximate surface area is 159 Å². The van der Waals surface area contributed by atoms with Gasteiger partial charge in [-0.05, 0) is 68.2 Å². The van der Waals surface area contributed by atoms with Crippen molar-refractivity contribution in [1.29, 1.82) is 0 Å². The van der Waals surface area contributed by atoms with Crippen LogP contribution in [0, 0.1) is 0 Å². The second-order valence-corrected chi connectivity index (χ2v) is 7.44. The number of benzene rings is 1. The summed E-state index contributed by atoms with van der Waals surface area (Å²) < 4.78 is 5.53. The SMILES string of the molecule is CN(C)C(CNC(=O)N(Cc1ccc2[nH]ccc2c1)C1CC1)c1ccco1. The van der Waals surface area contributed by atoms with Crippen molar-refractivity contribution in [2.75, 3.05) is 20.6 Å².